The zero-order valence-corrected chi connectivity index (χ0v) is 16.5. The first-order chi connectivity index (χ1) is 13.2. The van der Waals surface area contributed by atoms with E-state index < -0.39 is 6.10 Å². The maximum Gasteiger partial charge on any atom is 0.139 e. The Morgan fingerprint density at radius 1 is 1.19 bits per heavy atom. The molecule has 2 fully saturated rings. The van der Waals surface area contributed by atoms with Crippen LogP contribution in [0.4, 0.5) is 0 Å². The fourth-order valence-corrected chi connectivity index (χ4v) is 7.05. The van der Waals surface area contributed by atoms with E-state index in [2.05, 4.69) is 34.5 Å². The normalized spacial score (nSPS) is 39.9. The third-order valence-corrected chi connectivity index (χ3v) is 8.47. The highest BCUT2D eigenvalue weighted by Crippen LogP contribution is 2.62. The number of piperidine rings is 1. The van der Waals surface area contributed by atoms with Gasteiger partial charge in [0.05, 0.1) is 18.1 Å². The van der Waals surface area contributed by atoms with Crippen molar-refractivity contribution < 1.29 is 14.6 Å². The Morgan fingerprint density at radius 3 is 2.89 bits per heavy atom. The van der Waals surface area contributed by atoms with Crippen LogP contribution in [0.3, 0.4) is 0 Å². The summed E-state index contributed by atoms with van der Waals surface area (Å²) in [6.45, 7) is 4.53. The van der Waals surface area contributed by atoms with E-state index in [4.69, 9.17) is 9.47 Å². The number of morpholine rings is 1. The second kappa shape index (κ2) is 5.97. The van der Waals surface area contributed by atoms with Gasteiger partial charge in [-0.3, -0.25) is 0 Å². The molecule has 2 bridgehead atoms. The van der Waals surface area contributed by atoms with Gasteiger partial charge < -0.3 is 19.5 Å². The first-order valence-electron chi connectivity index (χ1n) is 10.1. The third kappa shape index (κ3) is 2.22. The first kappa shape index (κ1) is 16.9. The second-order valence-electron chi connectivity index (χ2n) is 8.54. The molecule has 1 N–H and O–H groups in total. The Labute approximate surface area is 164 Å². The lowest BCUT2D eigenvalue weighted by atomic mass is 9.53. The zero-order chi connectivity index (χ0) is 18.2. The molecule has 27 heavy (non-hydrogen) atoms. The van der Waals surface area contributed by atoms with Crippen molar-refractivity contribution in [3.05, 3.63) is 35.4 Å². The van der Waals surface area contributed by atoms with Crippen LogP contribution >= 0.6 is 11.9 Å². The number of likely N-dealkylation sites (N-methyl/N-ethyl adjacent to an activating group) is 1. The lowest BCUT2D eigenvalue weighted by molar-refractivity contribution is -0.0454. The van der Waals surface area contributed by atoms with Gasteiger partial charge in [0, 0.05) is 36.0 Å². The van der Waals surface area contributed by atoms with Crippen molar-refractivity contribution in [2.45, 2.75) is 41.4 Å². The second-order valence-corrected chi connectivity index (χ2v) is 9.68. The minimum Gasteiger partial charge on any atom is -0.485 e. The minimum absolute atomic E-state index is 0.0597. The van der Waals surface area contributed by atoms with Crippen LogP contribution in [0.2, 0.25) is 0 Å². The van der Waals surface area contributed by atoms with Crippen LogP contribution in [0, 0.1) is 5.92 Å². The van der Waals surface area contributed by atoms with Crippen LogP contribution in [0.15, 0.2) is 29.2 Å². The van der Waals surface area contributed by atoms with Crippen molar-refractivity contribution >= 4 is 11.9 Å². The molecule has 0 saturated carbocycles. The molecule has 2 saturated heterocycles. The Hall–Kier alpha value is -1.05. The maximum absolute atomic E-state index is 10.8. The van der Waals surface area contributed by atoms with Crippen LogP contribution in [0.1, 0.15) is 17.5 Å². The van der Waals surface area contributed by atoms with Crippen molar-refractivity contribution in [2.75, 3.05) is 39.9 Å². The van der Waals surface area contributed by atoms with Crippen molar-refractivity contribution in [1.82, 2.24) is 9.21 Å². The van der Waals surface area contributed by atoms with Crippen molar-refractivity contribution in [1.29, 1.82) is 0 Å². The zero-order valence-electron chi connectivity index (χ0n) is 15.6. The van der Waals surface area contributed by atoms with Crippen LogP contribution in [0.5, 0.6) is 5.75 Å². The SMILES string of the molecule is CN1CC[C@]23c4c5ccc(SN6CCOCC6)c4O[C@H]2[C@@H](O)C=C[C@H]3[C@H]1C5. The summed E-state index contributed by atoms with van der Waals surface area (Å²) in [7, 11) is 2.25. The van der Waals surface area contributed by atoms with E-state index in [1.54, 1.807) is 11.9 Å². The summed E-state index contributed by atoms with van der Waals surface area (Å²) in [4.78, 5) is 3.70. The molecule has 5 nitrogen and oxygen atoms in total. The average molecular weight is 387 g/mol. The molecule has 5 aliphatic rings. The Balaban J connectivity index is 1.48. The van der Waals surface area contributed by atoms with Gasteiger partial charge in [0.15, 0.2) is 0 Å². The molecule has 0 aromatic heterocycles. The number of aliphatic hydroxyl groups is 1. The van der Waals surface area contributed by atoms with E-state index in [1.807, 2.05) is 6.08 Å². The number of hydrogen-bond acceptors (Lipinski definition) is 6. The highest BCUT2D eigenvalue weighted by molar-refractivity contribution is 7.97. The van der Waals surface area contributed by atoms with Gasteiger partial charge in [0.2, 0.25) is 0 Å². The number of benzene rings is 1. The molecule has 0 unspecified atom stereocenters. The van der Waals surface area contributed by atoms with Crippen LogP contribution in [0.25, 0.3) is 0 Å². The number of nitrogens with zero attached hydrogens (tertiary/aromatic N) is 2. The minimum atomic E-state index is -0.523. The van der Waals surface area contributed by atoms with Gasteiger partial charge in [0.1, 0.15) is 18.0 Å². The molecule has 3 aliphatic heterocycles. The summed E-state index contributed by atoms with van der Waals surface area (Å²) in [5.41, 5.74) is 2.77. The number of rotatable bonds is 2. The smallest absolute Gasteiger partial charge is 0.139 e. The van der Waals surface area contributed by atoms with Gasteiger partial charge in [-0.1, -0.05) is 18.2 Å². The lowest BCUT2D eigenvalue weighted by Gasteiger charge is -2.56. The average Bonchev–Trinajstić information content (AvgIpc) is 3.04. The standard InChI is InChI=1S/C21H26N2O3S/c1-22-7-6-21-14-3-4-16(24)20(21)26-19-17(27-23-8-10-25-11-9-23)5-2-13(18(19)21)12-15(14)22/h2-5,14-16,20,24H,6-12H2,1H3/t14-,15+,16-,20-,21-/m0/s1. The summed E-state index contributed by atoms with van der Waals surface area (Å²) in [6, 6.07) is 5.06. The fourth-order valence-electron chi connectivity index (χ4n) is 6.08. The Bertz CT molecular complexity index is 809. The number of ether oxygens (including phenoxy) is 2. The first-order valence-corrected chi connectivity index (χ1v) is 10.9. The fraction of sp³-hybridized carbons (Fsp3) is 0.619. The monoisotopic (exact) mass is 386 g/mol. The van der Waals surface area contributed by atoms with Crippen LogP contribution in [-0.4, -0.2) is 72.5 Å². The molecule has 6 heteroatoms. The number of hydrogen-bond donors (Lipinski definition) is 1. The largest absolute Gasteiger partial charge is 0.485 e. The summed E-state index contributed by atoms with van der Waals surface area (Å²) < 4.78 is 14.5. The Morgan fingerprint density at radius 2 is 2.04 bits per heavy atom. The van der Waals surface area contributed by atoms with E-state index in [-0.39, 0.29) is 11.5 Å². The highest BCUT2D eigenvalue weighted by atomic mass is 32.2. The summed E-state index contributed by atoms with van der Waals surface area (Å²) in [6.07, 6.45) is 5.72. The van der Waals surface area contributed by atoms with E-state index in [0.717, 1.165) is 51.4 Å². The van der Waals surface area contributed by atoms with E-state index in [0.29, 0.717) is 12.0 Å². The highest BCUT2D eigenvalue weighted by Gasteiger charge is 2.64. The molecule has 3 heterocycles. The molecular weight excluding hydrogens is 360 g/mol. The van der Waals surface area contributed by atoms with Gasteiger partial charge in [-0.2, -0.15) is 0 Å². The molecule has 144 valence electrons. The molecule has 2 aliphatic carbocycles. The van der Waals surface area contributed by atoms with Crippen molar-refractivity contribution in [2.24, 2.45) is 5.92 Å². The van der Waals surface area contributed by atoms with Gasteiger partial charge in [-0.25, -0.2) is 4.31 Å². The molecule has 1 spiro atoms. The van der Waals surface area contributed by atoms with E-state index in [1.165, 1.54) is 16.0 Å². The molecule has 0 amide bonds. The van der Waals surface area contributed by atoms with Gasteiger partial charge in [-0.05, 0) is 50.0 Å². The van der Waals surface area contributed by atoms with Crippen LogP contribution < -0.4 is 4.74 Å². The van der Waals surface area contributed by atoms with Crippen molar-refractivity contribution in [3.63, 3.8) is 0 Å². The molecule has 6 rings (SSSR count). The van der Waals surface area contributed by atoms with Crippen LogP contribution in [-0.2, 0) is 16.6 Å². The quantitative estimate of drug-likeness (QED) is 0.618. The molecule has 0 radical (unpaired) electrons. The van der Waals surface area contributed by atoms with Gasteiger partial charge in [-0.15, -0.1) is 0 Å². The topological polar surface area (TPSA) is 45.2 Å². The van der Waals surface area contributed by atoms with E-state index in [9.17, 15) is 5.11 Å². The molecule has 1 aromatic carbocycles. The van der Waals surface area contributed by atoms with E-state index >= 15 is 0 Å². The van der Waals surface area contributed by atoms with Gasteiger partial charge >= 0.3 is 0 Å². The summed E-state index contributed by atoms with van der Waals surface area (Å²) >= 11 is 1.80. The summed E-state index contributed by atoms with van der Waals surface area (Å²) in [5, 5.41) is 10.8. The molecular formula is C21H26N2O3S. The molecule has 5 atom stereocenters. The third-order valence-electron chi connectivity index (χ3n) is 7.33. The predicted molar refractivity (Wildman–Crippen MR) is 104 cm³/mol. The summed E-state index contributed by atoms with van der Waals surface area (Å²) in [5.74, 6) is 1.48. The number of aliphatic hydroxyl groups excluding tert-OH is 1. The Kier molecular flexibility index (Phi) is 3.73. The predicted octanol–water partition coefficient (Wildman–Crippen LogP) is 1.83. The number of likely N-dealkylation sites (tertiary alicyclic amines) is 1. The van der Waals surface area contributed by atoms with Gasteiger partial charge in [0.25, 0.3) is 0 Å². The van der Waals surface area contributed by atoms with Crippen molar-refractivity contribution in [3.8, 4) is 5.75 Å². The lowest BCUT2D eigenvalue weighted by Crippen LogP contribution is -2.64. The molecule has 1 aromatic rings. The maximum atomic E-state index is 10.8.